The Kier molecular flexibility index (Phi) is 6.81. The van der Waals surface area contributed by atoms with Crippen LogP contribution >= 0.6 is 23.4 Å². The van der Waals surface area contributed by atoms with Gasteiger partial charge in [-0.3, -0.25) is 4.79 Å². The molecule has 0 atom stereocenters. The first-order chi connectivity index (χ1) is 10.7. The highest BCUT2D eigenvalue weighted by Gasteiger charge is 2.08. The molecule has 2 aromatic rings. The molecule has 0 N–H and O–H groups in total. The van der Waals surface area contributed by atoms with Gasteiger partial charge in [0.05, 0.1) is 6.61 Å². The van der Waals surface area contributed by atoms with E-state index in [2.05, 4.69) is 6.92 Å². The van der Waals surface area contributed by atoms with Crippen LogP contribution in [-0.4, -0.2) is 11.7 Å². The SMILES string of the molecule is CCCCCOc1ccc(C(=O)Sc2ccc(Cl)cc2)cc1. The fourth-order valence-electron chi connectivity index (χ4n) is 1.90. The Bertz CT molecular complexity index is 593. The number of hydrogen-bond acceptors (Lipinski definition) is 3. The van der Waals surface area contributed by atoms with Crippen LogP contribution in [0.2, 0.25) is 5.02 Å². The van der Waals surface area contributed by atoms with Crippen molar-refractivity contribution in [3.63, 3.8) is 0 Å². The van der Waals surface area contributed by atoms with Crippen molar-refractivity contribution in [2.24, 2.45) is 0 Å². The van der Waals surface area contributed by atoms with Crippen molar-refractivity contribution < 1.29 is 9.53 Å². The average molecular weight is 335 g/mol. The molecule has 0 saturated carbocycles. The van der Waals surface area contributed by atoms with Gasteiger partial charge in [0.2, 0.25) is 5.12 Å². The van der Waals surface area contributed by atoms with Gasteiger partial charge in [0.15, 0.2) is 0 Å². The molecule has 22 heavy (non-hydrogen) atoms. The summed E-state index contributed by atoms with van der Waals surface area (Å²) in [4.78, 5) is 13.1. The second-order valence-electron chi connectivity index (χ2n) is 4.92. The zero-order chi connectivity index (χ0) is 15.8. The number of hydrogen-bond donors (Lipinski definition) is 0. The van der Waals surface area contributed by atoms with Gasteiger partial charge in [-0.05, 0) is 66.7 Å². The molecule has 0 spiro atoms. The third-order valence-corrected chi connectivity index (χ3v) is 4.31. The summed E-state index contributed by atoms with van der Waals surface area (Å²) in [5.74, 6) is 0.809. The molecular formula is C18H19ClO2S. The van der Waals surface area contributed by atoms with Crippen LogP contribution in [0.25, 0.3) is 0 Å². The molecule has 0 amide bonds. The molecule has 0 fully saturated rings. The van der Waals surface area contributed by atoms with E-state index in [0.29, 0.717) is 10.6 Å². The molecule has 116 valence electrons. The summed E-state index contributed by atoms with van der Waals surface area (Å²) in [6.45, 7) is 2.89. The molecule has 4 heteroatoms. The maximum absolute atomic E-state index is 12.2. The fourth-order valence-corrected chi connectivity index (χ4v) is 2.76. The van der Waals surface area contributed by atoms with Gasteiger partial charge in [-0.25, -0.2) is 0 Å². The van der Waals surface area contributed by atoms with Crippen molar-refractivity contribution >= 4 is 28.5 Å². The lowest BCUT2D eigenvalue weighted by atomic mass is 10.2. The van der Waals surface area contributed by atoms with Gasteiger partial charge in [-0.15, -0.1) is 0 Å². The summed E-state index contributed by atoms with van der Waals surface area (Å²) < 4.78 is 5.64. The molecule has 0 radical (unpaired) electrons. The second-order valence-corrected chi connectivity index (χ2v) is 6.41. The predicted molar refractivity (Wildman–Crippen MR) is 93.1 cm³/mol. The number of halogens is 1. The topological polar surface area (TPSA) is 26.3 Å². The minimum absolute atomic E-state index is 0.0138. The quantitative estimate of drug-likeness (QED) is 0.470. The van der Waals surface area contributed by atoms with E-state index in [1.807, 2.05) is 24.3 Å². The summed E-state index contributed by atoms with van der Waals surface area (Å²) in [7, 11) is 0. The molecule has 0 aliphatic carbocycles. The highest BCUT2D eigenvalue weighted by molar-refractivity contribution is 8.14. The van der Waals surface area contributed by atoms with E-state index < -0.39 is 0 Å². The standard InChI is InChI=1S/C18H19ClO2S/c1-2-3-4-13-21-16-9-5-14(6-10-16)18(20)22-17-11-7-15(19)8-12-17/h5-12H,2-4,13H2,1H3. The van der Waals surface area contributed by atoms with Crippen LogP contribution in [0.4, 0.5) is 0 Å². The van der Waals surface area contributed by atoms with Crippen LogP contribution in [0.5, 0.6) is 5.75 Å². The van der Waals surface area contributed by atoms with Crippen molar-refractivity contribution in [3.05, 3.63) is 59.1 Å². The van der Waals surface area contributed by atoms with Gasteiger partial charge < -0.3 is 4.74 Å². The van der Waals surface area contributed by atoms with Crippen LogP contribution < -0.4 is 4.74 Å². The lowest BCUT2D eigenvalue weighted by Crippen LogP contribution is -1.98. The van der Waals surface area contributed by atoms with E-state index >= 15 is 0 Å². The molecule has 0 bridgehead atoms. The van der Waals surface area contributed by atoms with Crippen molar-refractivity contribution in [1.29, 1.82) is 0 Å². The molecular weight excluding hydrogens is 316 g/mol. The molecule has 0 saturated heterocycles. The molecule has 2 nitrogen and oxygen atoms in total. The minimum atomic E-state index is 0.0138. The molecule has 0 aliphatic rings. The predicted octanol–water partition coefficient (Wildman–Crippen LogP) is 5.84. The monoisotopic (exact) mass is 334 g/mol. The van der Waals surface area contributed by atoms with Crippen molar-refractivity contribution in [2.45, 2.75) is 31.1 Å². The Balaban J connectivity index is 1.89. The highest BCUT2D eigenvalue weighted by Crippen LogP contribution is 2.25. The number of unbranched alkanes of at least 4 members (excludes halogenated alkanes) is 2. The van der Waals surface area contributed by atoms with E-state index in [1.54, 1.807) is 24.3 Å². The number of benzene rings is 2. The Labute approximate surface area is 140 Å². The number of thioether (sulfide) groups is 1. The first kappa shape index (κ1) is 16.9. The maximum atomic E-state index is 12.2. The summed E-state index contributed by atoms with van der Waals surface area (Å²) in [5.41, 5.74) is 0.667. The summed E-state index contributed by atoms with van der Waals surface area (Å²) >= 11 is 7.03. The zero-order valence-electron chi connectivity index (χ0n) is 12.5. The third-order valence-electron chi connectivity index (χ3n) is 3.13. The van der Waals surface area contributed by atoms with Crippen LogP contribution in [0, 0.1) is 0 Å². The van der Waals surface area contributed by atoms with Crippen molar-refractivity contribution in [1.82, 2.24) is 0 Å². The molecule has 0 unspecified atom stereocenters. The summed E-state index contributed by atoms with van der Waals surface area (Å²) in [6.07, 6.45) is 3.41. The van der Waals surface area contributed by atoms with E-state index in [4.69, 9.17) is 16.3 Å². The number of ether oxygens (including phenoxy) is 1. The maximum Gasteiger partial charge on any atom is 0.224 e. The zero-order valence-corrected chi connectivity index (χ0v) is 14.1. The number of rotatable bonds is 7. The normalized spacial score (nSPS) is 10.5. The molecule has 2 rings (SSSR count). The molecule has 0 aromatic heterocycles. The van der Waals surface area contributed by atoms with E-state index in [9.17, 15) is 4.79 Å². The molecule has 2 aromatic carbocycles. The van der Waals surface area contributed by atoms with Gasteiger partial charge >= 0.3 is 0 Å². The summed E-state index contributed by atoms with van der Waals surface area (Å²) in [5, 5.41) is 0.682. The lowest BCUT2D eigenvalue weighted by Gasteiger charge is -2.06. The number of carbonyl (C=O) groups is 1. The van der Waals surface area contributed by atoms with Crippen LogP contribution in [0.15, 0.2) is 53.4 Å². The van der Waals surface area contributed by atoms with Gasteiger partial charge in [0.1, 0.15) is 5.75 Å². The largest absolute Gasteiger partial charge is 0.494 e. The first-order valence-corrected chi connectivity index (χ1v) is 8.59. The average Bonchev–Trinajstić information content (AvgIpc) is 2.54. The highest BCUT2D eigenvalue weighted by atomic mass is 35.5. The Morgan fingerprint density at radius 1 is 1.05 bits per heavy atom. The second kappa shape index (κ2) is 8.86. The molecule has 0 aliphatic heterocycles. The van der Waals surface area contributed by atoms with Gasteiger partial charge in [0.25, 0.3) is 0 Å². The van der Waals surface area contributed by atoms with Gasteiger partial charge in [-0.1, -0.05) is 31.4 Å². The van der Waals surface area contributed by atoms with Crippen LogP contribution in [-0.2, 0) is 0 Å². The van der Waals surface area contributed by atoms with Crippen LogP contribution in [0.3, 0.4) is 0 Å². The first-order valence-electron chi connectivity index (χ1n) is 7.39. The summed E-state index contributed by atoms with van der Waals surface area (Å²) in [6, 6.07) is 14.6. The molecule has 0 heterocycles. The Morgan fingerprint density at radius 2 is 1.73 bits per heavy atom. The van der Waals surface area contributed by atoms with Crippen molar-refractivity contribution in [2.75, 3.05) is 6.61 Å². The van der Waals surface area contributed by atoms with Crippen LogP contribution in [0.1, 0.15) is 36.5 Å². The van der Waals surface area contributed by atoms with E-state index in [-0.39, 0.29) is 5.12 Å². The third kappa shape index (κ3) is 5.39. The number of carbonyl (C=O) groups excluding carboxylic acids is 1. The van der Waals surface area contributed by atoms with Gasteiger partial charge in [-0.2, -0.15) is 0 Å². The fraction of sp³-hybridized carbons (Fsp3) is 0.278. The van der Waals surface area contributed by atoms with E-state index in [0.717, 1.165) is 23.7 Å². The van der Waals surface area contributed by atoms with Crippen molar-refractivity contribution in [3.8, 4) is 5.75 Å². The smallest absolute Gasteiger partial charge is 0.224 e. The Morgan fingerprint density at radius 3 is 2.36 bits per heavy atom. The van der Waals surface area contributed by atoms with Gasteiger partial charge in [0, 0.05) is 15.5 Å². The Hall–Kier alpha value is -1.45. The minimum Gasteiger partial charge on any atom is -0.494 e. The lowest BCUT2D eigenvalue weighted by molar-refractivity contribution is 0.108. The van der Waals surface area contributed by atoms with E-state index in [1.165, 1.54) is 24.6 Å².